The molecule has 1 heterocycles. The molecule has 0 spiro atoms. The molecule has 0 saturated carbocycles. The van der Waals surface area contributed by atoms with Gasteiger partial charge in [0, 0.05) is 18.5 Å². The van der Waals surface area contributed by atoms with Crippen LogP contribution in [0.25, 0.3) is 0 Å². The second-order valence-corrected chi connectivity index (χ2v) is 10.4. The summed E-state index contributed by atoms with van der Waals surface area (Å²) < 4.78 is 33.3. The van der Waals surface area contributed by atoms with E-state index in [9.17, 15) is 18.4 Å². The molecule has 3 aromatic carbocycles. The molecule has 4 rings (SSSR count). The Morgan fingerprint density at radius 1 is 1.03 bits per heavy atom. The molecular weight excluding hydrogens is 474 g/mol. The number of nitrogens with zero attached hydrogens (tertiary/aromatic N) is 1. The first-order valence-corrected chi connectivity index (χ1v) is 12.4. The normalized spacial score (nSPS) is 16.1. The fourth-order valence-electron chi connectivity index (χ4n) is 4.55. The minimum Gasteiger partial charge on any atom is -0.481 e. The Hall–Kier alpha value is -3.74. The van der Waals surface area contributed by atoms with Crippen LogP contribution in [0.1, 0.15) is 56.0 Å². The third-order valence-electron chi connectivity index (χ3n) is 6.47. The lowest BCUT2D eigenvalue weighted by molar-refractivity contribution is -0.141. The van der Waals surface area contributed by atoms with Crippen LogP contribution >= 0.6 is 0 Å². The molecule has 2 atom stereocenters. The molecule has 0 saturated heterocycles. The van der Waals surface area contributed by atoms with Gasteiger partial charge < -0.3 is 15.0 Å². The first kappa shape index (κ1) is 26.3. The summed E-state index contributed by atoms with van der Waals surface area (Å²) in [7, 11) is 0. The van der Waals surface area contributed by atoms with Crippen molar-refractivity contribution < 1.29 is 23.1 Å². The highest BCUT2D eigenvalue weighted by Crippen LogP contribution is 2.39. The van der Waals surface area contributed by atoms with Crippen molar-refractivity contribution in [2.45, 2.75) is 52.8 Å². The van der Waals surface area contributed by atoms with E-state index in [4.69, 9.17) is 4.74 Å². The van der Waals surface area contributed by atoms with Gasteiger partial charge in [-0.3, -0.25) is 9.59 Å². The molecule has 0 fully saturated rings. The zero-order chi connectivity index (χ0) is 26.7. The Balaban J connectivity index is 1.57. The Morgan fingerprint density at radius 3 is 2.43 bits per heavy atom. The molecule has 5 nitrogen and oxygen atoms in total. The van der Waals surface area contributed by atoms with Crippen LogP contribution in [0.3, 0.4) is 0 Å². The maximum atomic E-state index is 14.2. The third-order valence-corrected chi connectivity index (χ3v) is 6.47. The lowest BCUT2D eigenvalue weighted by atomic mass is 9.85. The van der Waals surface area contributed by atoms with Gasteiger partial charge in [-0.1, -0.05) is 51.1 Å². The maximum Gasteiger partial charge on any atom is 0.261 e. The molecule has 1 N–H and O–H groups in total. The van der Waals surface area contributed by atoms with E-state index in [1.807, 2.05) is 45.0 Å². The number of rotatable bonds is 6. The van der Waals surface area contributed by atoms with E-state index >= 15 is 0 Å². The number of hydrogen-bond donors (Lipinski definition) is 1. The van der Waals surface area contributed by atoms with Crippen LogP contribution in [0.5, 0.6) is 5.75 Å². The van der Waals surface area contributed by atoms with Gasteiger partial charge in [0.05, 0.1) is 6.04 Å². The molecule has 2 unspecified atom stereocenters. The molecule has 0 aromatic heterocycles. The van der Waals surface area contributed by atoms with Gasteiger partial charge in [0.25, 0.3) is 5.91 Å². The van der Waals surface area contributed by atoms with E-state index < -0.39 is 17.6 Å². The first-order valence-electron chi connectivity index (χ1n) is 12.4. The summed E-state index contributed by atoms with van der Waals surface area (Å²) >= 11 is 0. The number of carbonyl (C=O) groups excluding carboxylic acids is 2. The first-order chi connectivity index (χ1) is 17.5. The van der Waals surface area contributed by atoms with Gasteiger partial charge in [-0.2, -0.15) is 0 Å². The molecule has 0 bridgehead atoms. The zero-order valence-corrected chi connectivity index (χ0v) is 21.6. The lowest BCUT2D eigenvalue weighted by Crippen LogP contribution is -2.45. The minimum absolute atomic E-state index is 0.0210. The topological polar surface area (TPSA) is 58.6 Å². The zero-order valence-electron chi connectivity index (χ0n) is 21.6. The van der Waals surface area contributed by atoms with Crippen molar-refractivity contribution in [2.24, 2.45) is 5.41 Å². The quantitative estimate of drug-likeness (QED) is 0.476. The predicted octanol–water partition coefficient (Wildman–Crippen LogP) is 5.57. The molecule has 1 aliphatic rings. The molecule has 1 aliphatic heterocycles. The molecule has 2 amide bonds. The average molecular weight is 507 g/mol. The Morgan fingerprint density at radius 2 is 1.76 bits per heavy atom. The van der Waals surface area contributed by atoms with Gasteiger partial charge in [0.15, 0.2) is 6.10 Å². The average Bonchev–Trinajstić information content (AvgIpc) is 2.86. The fraction of sp³-hybridized carbons (Fsp3) is 0.333. The van der Waals surface area contributed by atoms with Crippen molar-refractivity contribution in [3.05, 3.63) is 101 Å². The van der Waals surface area contributed by atoms with Crippen LogP contribution in [-0.2, 0) is 22.6 Å². The van der Waals surface area contributed by atoms with Gasteiger partial charge in [-0.25, -0.2) is 8.78 Å². The predicted molar refractivity (Wildman–Crippen MR) is 138 cm³/mol. The van der Waals surface area contributed by atoms with Gasteiger partial charge in [0.1, 0.15) is 17.4 Å². The second kappa shape index (κ2) is 10.7. The van der Waals surface area contributed by atoms with Gasteiger partial charge >= 0.3 is 0 Å². The molecule has 0 aliphatic carbocycles. The van der Waals surface area contributed by atoms with Gasteiger partial charge in [-0.15, -0.1) is 0 Å². The number of amides is 2. The highest BCUT2D eigenvalue weighted by Gasteiger charge is 2.37. The monoisotopic (exact) mass is 506 g/mol. The van der Waals surface area contributed by atoms with Gasteiger partial charge in [0.2, 0.25) is 5.91 Å². The number of halogens is 2. The fourth-order valence-corrected chi connectivity index (χ4v) is 4.55. The second-order valence-electron chi connectivity index (χ2n) is 10.4. The highest BCUT2D eigenvalue weighted by molar-refractivity contribution is 5.83. The SMILES string of the molecule is CC(Oc1ccc2c(c1)C(c1cccc(F)c1)N(C(=O)C(C)(C)C)CC2)C(=O)NCc1ccc(F)cc1. The number of benzene rings is 3. The van der Waals surface area contributed by atoms with E-state index in [1.54, 1.807) is 30.0 Å². The van der Waals surface area contributed by atoms with E-state index in [-0.39, 0.29) is 30.0 Å². The Bertz CT molecular complexity index is 1280. The molecular formula is C30H32F2N2O3. The lowest BCUT2D eigenvalue weighted by Gasteiger charge is -2.41. The van der Waals surface area contributed by atoms with Crippen molar-refractivity contribution in [3.8, 4) is 5.75 Å². The van der Waals surface area contributed by atoms with E-state index in [2.05, 4.69) is 5.32 Å². The highest BCUT2D eigenvalue weighted by atomic mass is 19.1. The summed E-state index contributed by atoms with van der Waals surface area (Å²) in [6.45, 7) is 8.05. The van der Waals surface area contributed by atoms with Crippen LogP contribution in [0, 0.1) is 17.0 Å². The molecule has 7 heteroatoms. The molecule has 3 aromatic rings. The van der Waals surface area contributed by atoms with Crippen LogP contribution in [0.4, 0.5) is 8.78 Å². The number of fused-ring (bicyclic) bond motifs is 1. The molecule has 37 heavy (non-hydrogen) atoms. The third kappa shape index (κ3) is 6.16. The van der Waals surface area contributed by atoms with Crippen molar-refractivity contribution in [1.82, 2.24) is 10.2 Å². The van der Waals surface area contributed by atoms with E-state index in [0.717, 1.165) is 16.7 Å². The molecule has 0 radical (unpaired) electrons. The standard InChI is InChI=1S/C30H32F2N2O3/c1-19(28(35)33-18-20-8-11-23(31)12-9-20)37-25-13-10-21-14-15-34(29(36)30(2,3)4)27(26(21)17-25)22-6-5-7-24(32)16-22/h5-13,16-17,19,27H,14-15,18H2,1-4H3,(H,33,35). The van der Waals surface area contributed by atoms with Crippen molar-refractivity contribution in [3.63, 3.8) is 0 Å². The number of ether oxygens (including phenoxy) is 1. The maximum absolute atomic E-state index is 14.2. The largest absolute Gasteiger partial charge is 0.481 e. The summed E-state index contributed by atoms with van der Waals surface area (Å²) in [5.41, 5.74) is 2.76. The molecule has 194 valence electrons. The summed E-state index contributed by atoms with van der Waals surface area (Å²) in [5.74, 6) is -0.555. The van der Waals surface area contributed by atoms with Gasteiger partial charge in [-0.05, 0) is 72.0 Å². The van der Waals surface area contributed by atoms with Crippen LogP contribution in [-0.4, -0.2) is 29.4 Å². The summed E-state index contributed by atoms with van der Waals surface area (Å²) in [5, 5.41) is 2.80. The number of carbonyl (C=O) groups is 2. The Labute approximate surface area is 216 Å². The van der Waals surface area contributed by atoms with Crippen LogP contribution in [0.2, 0.25) is 0 Å². The van der Waals surface area contributed by atoms with Crippen molar-refractivity contribution in [1.29, 1.82) is 0 Å². The Kier molecular flexibility index (Phi) is 7.62. The number of hydrogen-bond acceptors (Lipinski definition) is 3. The summed E-state index contributed by atoms with van der Waals surface area (Å²) in [6, 6.07) is 17.4. The van der Waals surface area contributed by atoms with Crippen molar-refractivity contribution >= 4 is 11.8 Å². The van der Waals surface area contributed by atoms with Crippen LogP contribution < -0.4 is 10.1 Å². The summed E-state index contributed by atoms with van der Waals surface area (Å²) in [6.07, 6.45) is -0.126. The smallest absolute Gasteiger partial charge is 0.261 e. The van der Waals surface area contributed by atoms with E-state index in [1.165, 1.54) is 24.3 Å². The van der Waals surface area contributed by atoms with Crippen molar-refractivity contribution in [2.75, 3.05) is 6.54 Å². The summed E-state index contributed by atoms with van der Waals surface area (Å²) in [4.78, 5) is 27.8. The minimum atomic E-state index is -0.790. The van der Waals surface area contributed by atoms with Crippen LogP contribution in [0.15, 0.2) is 66.7 Å². The van der Waals surface area contributed by atoms with E-state index in [0.29, 0.717) is 24.3 Å². The number of nitrogens with one attached hydrogen (secondary N) is 1.